The number of hydrogen-bond donors (Lipinski definition) is 2. The summed E-state index contributed by atoms with van der Waals surface area (Å²) in [7, 11) is 3.22. The monoisotopic (exact) mass is 415 g/mol. The summed E-state index contributed by atoms with van der Waals surface area (Å²) in [4.78, 5) is 14.4. The standard InChI is InChI=1S/C23H30FN3O3/c1-15(2)26-23(28)25-13-20-18-12-22(30-4)21(29-3)11-16(18)9-10-27(20)14-17-7-5-6-8-19(17)24/h5-8,11-12,15,20H,9-10,13-14H2,1-4H3,(H2,25,26,28)/t20-/m1/s1. The molecule has 2 aromatic carbocycles. The summed E-state index contributed by atoms with van der Waals surface area (Å²) in [6.07, 6.45) is 0.804. The number of carbonyl (C=O) groups is 1. The zero-order valence-corrected chi connectivity index (χ0v) is 18.0. The van der Waals surface area contributed by atoms with Gasteiger partial charge in [0, 0.05) is 31.2 Å². The van der Waals surface area contributed by atoms with Crippen molar-refractivity contribution in [1.29, 1.82) is 0 Å². The van der Waals surface area contributed by atoms with E-state index in [-0.39, 0.29) is 23.9 Å². The van der Waals surface area contributed by atoms with Gasteiger partial charge in [0.2, 0.25) is 0 Å². The minimum absolute atomic E-state index is 0.0440. The van der Waals surface area contributed by atoms with Crippen molar-refractivity contribution in [1.82, 2.24) is 15.5 Å². The van der Waals surface area contributed by atoms with E-state index in [9.17, 15) is 9.18 Å². The van der Waals surface area contributed by atoms with E-state index >= 15 is 0 Å². The van der Waals surface area contributed by atoms with Gasteiger partial charge in [0.1, 0.15) is 5.82 Å². The second kappa shape index (κ2) is 9.80. The number of nitrogens with zero attached hydrogens (tertiary/aromatic N) is 1. The Kier molecular flexibility index (Phi) is 7.15. The topological polar surface area (TPSA) is 62.8 Å². The van der Waals surface area contributed by atoms with E-state index in [4.69, 9.17) is 9.47 Å². The predicted octanol–water partition coefficient (Wildman–Crippen LogP) is 3.65. The van der Waals surface area contributed by atoms with E-state index in [0.29, 0.717) is 30.2 Å². The van der Waals surface area contributed by atoms with Crippen LogP contribution in [0.4, 0.5) is 9.18 Å². The first-order valence-electron chi connectivity index (χ1n) is 10.2. The lowest BCUT2D eigenvalue weighted by Gasteiger charge is -2.38. The number of urea groups is 1. The molecule has 1 aliphatic rings. The molecule has 1 atom stereocenters. The first-order chi connectivity index (χ1) is 14.4. The second-order valence-corrected chi connectivity index (χ2v) is 7.74. The molecule has 7 heteroatoms. The van der Waals surface area contributed by atoms with Crippen LogP contribution in [0.5, 0.6) is 11.5 Å². The first-order valence-corrected chi connectivity index (χ1v) is 10.2. The Bertz CT molecular complexity index is 888. The van der Waals surface area contributed by atoms with Crippen molar-refractivity contribution in [3.05, 3.63) is 58.9 Å². The van der Waals surface area contributed by atoms with Crippen molar-refractivity contribution in [3.8, 4) is 11.5 Å². The van der Waals surface area contributed by atoms with E-state index in [0.717, 1.165) is 24.1 Å². The molecule has 3 rings (SSSR count). The number of fused-ring (bicyclic) bond motifs is 1. The summed E-state index contributed by atoms with van der Waals surface area (Å²) < 4.78 is 25.2. The third-order valence-corrected chi connectivity index (χ3v) is 5.32. The predicted molar refractivity (Wildman–Crippen MR) is 114 cm³/mol. The fraction of sp³-hybridized carbons (Fsp3) is 0.435. The van der Waals surface area contributed by atoms with Gasteiger partial charge in [0.05, 0.1) is 20.3 Å². The Morgan fingerprint density at radius 2 is 1.90 bits per heavy atom. The van der Waals surface area contributed by atoms with Crippen LogP contribution < -0.4 is 20.1 Å². The minimum atomic E-state index is -0.222. The molecule has 162 valence electrons. The first kappa shape index (κ1) is 21.9. The molecule has 6 nitrogen and oxygen atoms in total. The number of rotatable bonds is 7. The highest BCUT2D eigenvalue weighted by Crippen LogP contribution is 2.38. The zero-order chi connectivity index (χ0) is 21.7. The highest BCUT2D eigenvalue weighted by Gasteiger charge is 2.30. The Balaban J connectivity index is 1.91. The molecule has 0 saturated heterocycles. The maximum absolute atomic E-state index is 14.3. The lowest BCUT2D eigenvalue weighted by molar-refractivity contribution is 0.168. The molecular formula is C23H30FN3O3. The largest absolute Gasteiger partial charge is 0.493 e. The summed E-state index contributed by atoms with van der Waals surface area (Å²) in [5, 5.41) is 5.81. The molecule has 0 bridgehead atoms. The molecule has 0 spiro atoms. The molecule has 0 aliphatic carbocycles. The number of halogens is 1. The highest BCUT2D eigenvalue weighted by atomic mass is 19.1. The number of carbonyl (C=O) groups excluding carboxylic acids is 1. The van der Waals surface area contributed by atoms with Crippen molar-refractivity contribution in [2.75, 3.05) is 27.3 Å². The third kappa shape index (κ3) is 5.02. The van der Waals surface area contributed by atoms with E-state index in [2.05, 4.69) is 15.5 Å². The summed E-state index contributed by atoms with van der Waals surface area (Å²) in [6, 6.07) is 10.5. The van der Waals surface area contributed by atoms with Crippen LogP contribution in [0.25, 0.3) is 0 Å². The fourth-order valence-corrected chi connectivity index (χ4v) is 3.86. The molecule has 2 N–H and O–H groups in total. The van der Waals surface area contributed by atoms with E-state index < -0.39 is 0 Å². The normalized spacial score (nSPS) is 16.1. The molecule has 0 radical (unpaired) electrons. The van der Waals surface area contributed by atoms with Crippen LogP contribution in [0.3, 0.4) is 0 Å². The van der Waals surface area contributed by atoms with Crippen molar-refractivity contribution < 1.29 is 18.7 Å². The van der Waals surface area contributed by atoms with E-state index in [1.54, 1.807) is 26.4 Å². The number of amides is 2. The Morgan fingerprint density at radius 3 is 2.57 bits per heavy atom. The van der Waals surface area contributed by atoms with Gasteiger partial charge in [0.25, 0.3) is 0 Å². The molecule has 0 aromatic heterocycles. The fourth-order valence-electron chi connectivity index (χ4n) is 3.86. The van der Waals surface area contributed by atoms with Crippen LogP contribution in [-0.2, 0) is 13.0 Å². The molecule has 2 amide bonds. The summed E-state index contributed by atoms with van der Waals surface area (Å²) in [6.45, 7) is 5.43. The van der Waals surface area contributed by atoms with Gasteiger partial charge in [-0.3, -0.25) is 4.90 Å². The molecule has 2 aromatic rings. The number of nitrogens with one attached hydrogen (secondary N) is 2. The van der Waals surface area contributed by atoms with Gasteiger partial charge in [0.15, 0.2) is 11.5 Å². The third-order valence-electron chi connectivity index (χ3n) is 5.32. The van der Waals surface area contributed by atoms with Crippen LogP contribution in [0, 0.1) is 5.82 Å². The summed E-state index contributed by atoms with van der Waals surface area (Å²) in [5.74, 6) is 1.10. The van der Waals surface area contributed by atoms with Crippen molar-refractivity contribution in [2.45, 2.75) is 38.9 Å². The van der Waals surface area contributed by atoms with Gasteiger partial charge in [-0.15, -0.1) is 0 Å². The lowest BCUT2D eigenvalue weighted by atomic mass is 9.91. The Labute approximate surface area is 177 Å². The van der Waals surface area contributed by atoms with Crippen LogP contribution in [0.15, 0.2) is 36.4 Å². The van der Waals surface area contributed by atoms with Gasteiger partial charge < -0.3 is 20.1 Å². The van der Waals surface area contributed by atoms with E-state index in [1.807, 2.05) is 32.0 Å². The smallest absolute Gasteiger partial charge is 0.315 e. The molecule has 1 heterocycles. The van der Waals surface area contributed by atoms with Gasteiger partial charge in [-0.05, 0) is 49.6 Å². The lowest BCUT2D eigenvalue weighted by Crippen LogP contribution is -2.46. The van der Waals surface area contributed by atoms with Gasteiger partial charge in [-0.1, -0.05) is 18.2 Å². The average molecular weight is 416 g/mol. The molecular weight excluding hydrogens is 385 g/mol. The maximum Gasteiger partial charge on any atom is 0.315 e. The molecule has 0 saturated carbocycles. The van der Waals surface area contributed by atoms with Gasteiger partial charge in [-0.25, -0.2) is 9.18 Å². The Hall–Kier alpha value is -2.80. The van der Waals surface area contributed by atoms with Crippen molar-refractivity contribution >= 4 is 6.03 Å². The second-order valence-electron chi connectivity index (χ2n) is 7.74. The van der Waals surface area contributed by atoms with E-state index in [1.165, 1.54) is 6.07 Å². The van der Waals surface area contributed by atoms with Crippen molar-refractivity contribution in [3.63, 3.8) is 0 Å². The summed E-state index contributed by atoms with van der Waals surface area (Å²) in [5.41, 5.74) is 2.84. The quantitative estimate of drug-likeness (QED) is 0.725. The minimum Gasteiger partial charge on any atom is -0.493 e. The van der Waals surface area contributed by atoms with Crippen LogP contribution in [0.2, 0.25) is 0 Å². The zero-order valence-electron chi connectivity index (χ0n) is 18.0. The van der Waals surface area contributed by atoms with Crippen molar-refractivity contribution in [2.24, 2.45) is 0 Å². The van der Waals surface area contributed by atoms with Crippen LogP contribution >= 0.6 is 0 Å². The van der Waals surface area contributed by atoms with Crippen LogP contribution in [-0.4, -0.2) is 44.3 Å². The molecule has 1 aliphatic heterocycles. The number of benzene rings is 2. The SMILES string of the molecule is COc1cc2c(cc1OC)[C@@H](CNC(=O)NC(C)C)N(Cc1ccccc1F)CC2. The summed E-state index contributed by atoms with van der Waals surface area (Å²) >= 11 is 0. The number of ether oxygens (including phenoxy) is 2. The Morgan fingerprint density at radius 1 is 1.20 bits per heavy atom. The number of methoxy groups -OCH3 is 2. The van der Waals surface area contributed by atoms with Gasteiger partial charge in [-0.2, -0.15) is 0 Å². The maximum atomic E-state index is 14.3. The average Bonchev–Trinajstić information content (AvgIpc) is 2.72. The number of hydrogen-bond acceptors (Lipinski definition) is 4. The van der Waals surface area contributed by atoms with Gasteiger partial charge >= 0.3 is 6.03 Å². The van der Waals surface area contributed by atoms with Crippen LogP contribution in [0.1, 0.15) is 36.6 Å². The molecule has 0 fully saturated rings. The molecule has 0 unspecified atom stereocenters. The molecule has 30 heavy (non-hydrogen) atoms. The highest BCUT2D eigenvalue weighted by molar-refractivity contribution is 5.74.